The van der Waals surface area contributed by atoms with Gasteiger partial charge in [-0.15, -0.1) is 0 Å². The minimum absolute atomic E-state index is 0.0403. The lowest BCUT2D eigenvalue weighted by Crippen LogP contribution is -2.37. The smallest absolute Gasteiger partial charge is 0.416 e. The van der Waals surface area contributed by atoms with E-state index in [0.717, 1.165) is 41.0 Å². The van der Waals surface area contributed by atoms with Crippen molar-refractivity contribution < 1.29 is 59.7 Å². The Balaban J connectivity index is 0.000000253. The van der Waals surface area contributed by atoms with Crippen molar-refractivity contribution in [3.63, 3.8) is 0 Å². The number of Topliss-reactive ketones (excluding diaryl/α,β-unsaturated/α-hetero) is 1. The molecule has 2 amide bonds. The molecule has 376 valence electrons. The summed E-state index contributed by atoms with van der Waals surface area (Å²) in [5.41, 5.74) is 0.283. The lowest BCUT2D eigenvalue weighted by atomic mass is 10.0. The average Bonchev–Trinajstić information content (AvgIpc) is 3.29. The number of carbonyl (C=O) groups excluding carboxylic acids is 4. The standard InChI is InChI=1S/C26H25F3N2O3.C18H22N2O2.C10H9F3O2/c1-25(2,3)34-24(33)31(17-18-8-5-4-6-9-18)23-15-19(12-13-30-23)14-22(32)20-10-7-11-21(16-20)26(27,28)29;1-14-10-11-19-16(12-14)20(17(21)22-18(2,3)4)13-15-8-6-5-7-9-15;1-2-15-9(14)7-4-3-5-8(6-7)10(11,12)13/h4-13,15-16H,14,17H2,1-3H3;5-12H,13H2,1-4H3;3-6H,2H2,1H3. The van der Waals surface area contributed by atoms with Gasteiger partial charge in [-0.05, 0) is 132 Å². The number of carbonyl (C=O) groups is 4. The normalized spacial score (nSPS) is 11.4. The Morgan fingerprint density at radius 1 is 0.521 bits per heavy atom. The molecule has 0 fully saturated rings. The van der Waals surface area contributed by atoms with Crippen molar-refractivity contribution in [1.82, 2.24) is 9.97 Å². The molecule has 6 rings (SSSR count). The van der Waals surface area contributed by atoms with Gasteiger partial charge in [0.05, 0.1) is 36.4 Å². The summed E-state index contributed by atoms with van der Waals surface area (Å²) < 4.78 is 91.4. The molecule has 0 saturated carbocycles. The van der Waals surface area contributed by atoms with Gasteiger partial charge in [-0.2, -0.15) is 26.3 Å². The van der Waals surface area contributed by atoms with E-state index in [0.29, 0.717) is 17.9 Å². The molecule has 0 aliphatic carbocycles. The Hall–Kier alpha value is -7.56. The maximum Gasteiger partial charge on any atom is 0.416 e. The second-order valence-electron chi connectivity index (χ2n) is 17.8. The van der Waals surface area contributed by atoms with Crippen LogP contribution in [0.3, 0.4) is 0 Å². The highest BCUT2D eigenvalue weighted by Crippen LogP contribution is 2.31. The summed E-state index contributed by atoms with van der Waals surface area (Å²) in [7, 11) is 0. The fraction of sp³-hybridized carbons (Fsp3) is 0.296. The Morgan fingerprint density at radius 2 is 0.958 bits per heavy atom. The third-order valence-corrected chi connectivity index (χ3v) is 9.44. The molecular weight excluding hydrogens is 931 g/mol. The summed E-state index contributed by atoms with van der Waals surface area (Å²) in [6, 6.07) is 34.5. The molecule has 0 saturated heterocycles. The van der Waals surface area contributed by atoms with Gasteiger partial charge in [0.25, 0.3) is 0 Å². The van der Waals surface area contributed by atoms with Crippen LogP contribution in [0.1, 0.15) is 103 Å². The number of hydrogen-bond acceptors (Lipinski definition) is 9. The number of anilines is 2. The van der Waals surface area contributed by atoms with Crippen LogP contribution in [0, 0.1) is 6.92 Å². The van der Waals surface area contributed by atoms with Gasteiger partial charge in [0.2, 0.25) is 0 Å². The highest BCUT2D eigenvalue weighted by Gasteiger charge is 2.32. The van der Waals surface area contributed by atoms with E-state index in [2.05, 4.69) is 14.7 Å². The quantitative estimate of drug-likeness (QED) is 0.0539. The van der Waals surface area contributed by atoms with E-state index < -0.39 is 58.6 Å². The van der Waals surface area contributed by atoms with Crippen LogP contribution >= 0.6 is 0 Å². The zero-order valence-electron chi connectivity index (χ0n) is 40.6. The number of aromatic nitrogens is 2. The van der Waals surface area contributed by atoms with Crippen LogP contribution in [0.4, 0.5) is 47.6 Å². The van der Waals surface area contributed by atoms with Gasteiger partial charge >= 0.3 is 30.5 Å². The van der Waals surface area contributed by atoms with Gasteiger partial charge in [-0.25, -0.2) is 24.4 Å². The molecule has 0 N–H and O–H groups in total. The summed E-state index contributed by atoms with van der Waals surface area (Å²) in [6.07, 6.45) is -6.97. The van der Waals surface area contributed by atoms with Crippen molar-refractivity contribution in [2.75, 3.05) is 16.4 Å². The van der Waals surface area contributed by atoms with E-state index in [9.17, 15) is 45.5 Å². The molecule has 0 bridgehead atoms. The summed E-state index contributed by atoms with van der Waals surface area (Å²) in [5.74, 6) is -0.357. The predicted octanol–water partition coefficient (Wildman–Crippen LogP) is 13.7. The SMILES string of the molecule is CC(C)(C)OC(=O)N(Cc1ccccc1)c1cc(CC(=O)c2cccc(C(F)(F)F)c2)ccn1.CCOC(=O)c1cccc(C(F)(F)F)c1.Cc1ccnc(N(Cc2ccccc2)C(=O)OC(C)(C)C)c1. The molecule has 0 unspecified atom stereocenters. The van der Waals surface area contributed by atoms with Gasteiger partial charge in [-0.3, -0.25) is 14.6 Å². The number of benzene rings is 4. The Kier molecular flexibility index (Phi) is 19.6. The molecule has 0 radical (unpaired) electrons. The monoisotopic (exact) mass is 986 g/mol. The largest absolute Gasteiger partial charge is 0.462 e. The van der Waals surface area contributed by atoms with E-state index in [-0.39, 0.29) is 36.5 Å². The fourth-order valence-corrected chi connectivity index (χ4v) is 6.22. The van der Waals surface area contributed by atoms with Gasteiger partial charge in [0, 0.05) is 24.4 Å². The minimum Gasteiger partial charge on any atom is -0.462 e. The van der Waals surface area contributed by atoms with Crippen LogP contribution < -0.4 is 9.80 Å². The molecule has 6 aromatic rings. The number of alkyl halides is 6. The molecule has 71 heavy (non-hydrogen) atoms. The third kappa shape index (κ3) is 19.0. The van der Waals surface area contributed by atoms with E-state index in [1.165, 1.54) is 35.4 Å². The fourth-order valence-electron chi connectivity index (χ4n) is 6.22. The highest BCUT2D eigenvalue weighted by atomic mass is 19.4. The predicted molar refractivity (Wildman–Crippen MR) is 258 cm³/mol. The molecule has 0 aliphatic rings. The van der Waals surface area contributed by atoms with Crippen LogP contribution in [-0.2, 0) is 46.1 Å². The molecule has 11 nitrogen and oxygen atoms in total. The van der Waals surface area contributed by atoms with Crippen molar-refractivity contribution in [2.45, 2.75) is 98.5 Å². The number of amides is 2. The minimum atomic E-state index is -4.54. The van der Waals surface area contributed by atoms with Crippen LogP contribution in [0.2, 0.25) is 0 Å². The number of hydrogen-bond donors (Lipinski definition) is 0. The first kappa shape index (κ1) is 56.0. The van der Waals surface area contributed by atoms with Crippen molar-refractivity contribution in [2.24, 2.45) is 0 Å². The van der Waals surface area contributed by atoms with Gasteiger partial charge in [0.1, 0.15) is 22.8 Å². The molecule has 2 aromatic heterocycles. The third-order valence-electron chi connectivity index (χ3n) is 9.44. The lowest BCUT2D eigenvalue weighted by Gasteiger charge is -2.27. The van der Waals surface area contributed by atoms with Crippen LogP contribution in [0.15, 0.2) is 146 Å². The first-order chi connectivity index (χ1) is 33.2. The number of halogens is 6. The van der Waals surface area contributed by atoms with Crippen molar-refractivity contribution >= 4 is 35.6 Å². The number of nitrogens with zero attached hydrogens (tertiary/aromatic N) is 4. The lowest BCUT2D eigenvalue weighted by molar-refractivity contribution is -0.138. The van der Waals surface area contributed by atoms with Gasteiger partial charge in [-0.1, -0.05) is 78.9 Å². The Morgan fingerprint density at radius 3 is 1.39 bits per heavy atom. The highest BCUT2D eigenvalue weighted by molar-refractivity contribution is 5.98. The van der Waals surface area contributed by atoms with Gasteiger partial charge < -0.3 is 14.2 Å². The average molecular weight is 987 g/mol. The number of aryl methyl sites for hydroxylation is 1. The van der Waals surface area contributed by atoms with E-state index in [4.69, 9.17) is 9.47 Å². The molecule has 17 heteroatoms. The first-order valence-corrected chi connectivity index (χ1v) is 22.2. The first-order valence-electron chi connectivity index (χ1n) is 22.2. The van der Waals surface area contributed by atoms with Crippen molar-refractivity contribution in [1.29, 1.82) is 0 Å². The maximum absolute atomic E-state index is 13.0. The van der Waals surface area contributed by atoms with E-state index >= 15 is 0 Å². The van der Waals surface area contributed by atoms with Crippen molar-refractivity contribution in [3.8, 4) is 0 Å². The van der Waals surface area contributed by atoms with Gasteiger partial charge in [0.15, 0.2) is 5.78 Å². The van der Waals surface area contributed by atoms with Crippen LogP contribution in [0.25, 0.3) is 0 Å². The number of rotatable bonds is 11. The number of pyridine rings is 2. The number of esters is 1. The molecule has 0 spiro atoms. The van der Waals surface area contributed by atoms with E-state index in [1.807, 2.05) is 100 Å². The Labute approximate surface area is 409 Å². The summed E-state index contributed by atoms with van der Waals surface area (Å²) >= 11 is 0. The molecule has 0 atom stereocenters. The Bertz CT molecular complexity index is 2700. The second-order valence-corrected chi connectivity index (χ2v) is 17.8. The zero-order valence-corrected chi connectivity index (χ0v) is 40.6. The molecular formula is C54H56F6N4O7. The number of ketones is 1. The summed E-state index contributed by atoms with van der Waals surface area (Å²) in [5, 5.41) is 0. The number of ether oxygens (including phenoxy) is 3. The maximum atomic E-state index is 13.0. The second kappa shape index (κ2) is 24.8. The topological polar surface area (TPSA) is 128 Å². The molecule has 0 aliphatic heterocycles. The van der Waals surface area contributed by atoms with Crippen molar-refractivity contribution in [3.05, 3.63) is 190 Å². The van der Waals surface area contributed by atoms with Crippen LogP contribution in [-0.4, -0.2) is 51.7 Å². The molecule has 2 heterocycles. The summed E-state index contributed by atoms with van der Waals surface area (Å²) in [4.78, 5) is 60.8. The van der Waals surface area contributed by atoms with Crippen LogP contribution in [0.5, 0.6) is 0 Å². The zero-order chi connectivity index (χ0) is 52.6. The molecule has 4 aromatic carbocycles. The van der Waals surface area contributed by atoms with E-state index in [1.54, 1.807) is 50.9 Å². The summed E-state index contributed by atoms with van der Waals surface area (Å²) in [6.45, 7) is 15.1.